The van der Waals surface area contributed by atoms with Gasteiger partial charge in [-0.1, -0.05) is 5.16 Å². The normalized spacial score (nSPS) is 11.3. The van der Waals surface area contributed by atoms with E-state index in [0.717, 1.165) is 39.3 Å². The molecule has 18 heavy (non-hydrogen) atoms. The zero-order valence-electron chi connectivity index (χ0n) is 10.5. The molecule has 0 bridgehead atoms. The lowest BCUT2D eigenvalue weighted by molar-refractivity contribution is 0.393. The maximum atomic E-state index is 6.01. The van der Waals surface area contributed by atoms with Gasteiger partial charge in [0.25, 0.3) is 0 Å². The highest BCUT2D eigenvalue weighted by molar-refractivity contribution is 6.02. The Morgan fingerprint density at radius 1 is 1.28 bits per heavy atom. The lowest BCUT2D eigenvalue weighted by Gasteiger charge is -2.05. The minimum Gasteiger partial charge on any atom is -0.397 e. The molecule has 92 valence electrons. The van der Waals surface area contributed by atoms with Crippen LogP contribution in [0.2, 0.25) is 0 Å². The average Bonchev–Trinajstić information content (AvgIpc) is 2.83. The number of H-pyrrole nitrogens is 1. The number of hydrogen-bond acceptors (Lipinski definition) is 4. The summed E-state index contributed by atoms with van der Waals surface area (Å²) >= 11 is 0. The SMILES string of the molecule is Cc1cc(-c2c(C)noc2C)c2c(N)c[nH]c2n1. The summed E-state index contributed by atoms with van der Waals surface area (Å²) in [7, 11) is 0. The monoisotopic (exact) mass is 242 g/mol. The first-order chi connectivity index (χ1) is 8.58. The van der Waals surface area contributed by atoms with Gasteiger partial charge in [-0.05, 0) is 26.8 Å². The Hall–Kier alpha value is -2.30. The van der Waals surface area contributed by atoms with Crippen LogP contribution in [0.5, 0.6) is 0 Å². The number of nitrogens with zero attached hydrogens (tertiary/aromatic N) is 2. The lowest BCUT2D eigenvalue weighted by Crippen LogP contribution is -1.91. The molecule has 0 fully saturated rings. The number of fused-ring (bicyclic) bond motifs is 1. The number of aryl methyl sites for hydroxylation is 3. The highest BCUT2D eigenvalue weighted by Crippen LogP contribution is 2.35. The molecule has 3 rings (SSSR count). The number of aromatic nitrogens is 3. The van der Waals surface area contributed by atoms with Crippen LogP contribution in [0.4, 0.5) is 5.69 Å². The molecule has 0 amide bonds. The van der Waals surface area contributed by atoms with Gasteiger partial charge in [-0.2, -0.15) is 0 Å². The molecule has 3 aromatic rings. The Balaban J connectivity index is 2.45. The van der Waals surface area contributed by atoms with Gasteiger partial charge in [0, 0.05) is 28.4 Å². The highest BCUT2D eigenvalue weighted by atomic mass is 16.5. The van der Waals surface area contributed by atoms with E-state index >= 15 is 0 Å². The molecular weight excluding hydrogens is 228 g/mol. The van der Waals surface area contributed by atoms with E-state index in [2.05, 4.69) is 15.1 Å². The van der Waals surface area contributed by atoms with Crippen molar-refractivity contribution in [1.82, 2.24) is 15.1 Å². The zero-order valence-corrected chi connectivity index (χ0v) is 10.5. The van der Waals surface area contributed by atoms with Gasteiger partial charge in [0.1, 0.15) is 11.4 Å². The summed E-state index contributed by atoms with van der Waals surface area (Å²) in [4.78, 5) is 7.52. The Morgan fingerprint density at radius 3 is 2.72 bits per heavy atom. The van der Waals surface area contributed by atoms with Crippen LogP contribution in [0.15, 0.2) is 16.8 Å². The van der Waals surface area contributed by atoms with Crippen LogP contribution in [0.25, 0.3) is 22.2 Å². The molecule has 0 aliphatic heterocycles. The molecule has 0 atom stereocenters. The smallest absolute Gasteiger partial charge is 0.141 e. The van der Waals surface area contributed by atoms with Gasteiger partial charge < -0.3 is 15.2 Å². The van der Waals surface area contributed by atoms with E-state index in [1.807, 2.05) is 26.8 Å². The molecule has 0 spiro atoms. The molecule has 0 saturated heterocycles. The van der Waals surface area contributed by atoms with Gasteiger partial charge >= 0.3 is 0 Å². The molecule has 0 saturated carbocycles. The highest BCUT2D eigenvalue weighted by Gasteiger charge is 2.17. The number of pyridine rings is 1. The molecule has 0 aromatic carbocycles. The van der Waals surface area contributed by atoms with Crippen molar-refractivity contribution in [3.8, 4) is 11.1 Å². The Labute approximate surface area is 104 Å². The van der Waals surface area contributed by atoms with Crippen molar-refractivity contribution in [2.45, 2.75) is 20.8 Å². The molecule has 0 radical (unpaired) electrons. The second-order valence-electron chi connectivity index (χ2n) is 4.48. The fourth-order valence-corrected chi connectivity index (χ4v) is 2.35. The van der Waals surface area contributed by atoms with Crippen molar-refractivity contribution in [2.75, 3.05) is 5.73 Å². The molecule has 5 nitrogen and oxygen atoms in total. The predicted molar refractivity (Wildman–Crippen MR) is 70.2 cm³/mol. The molecule has 3 N–H and O–H groups in total. The Morgan fingerprint density at radius 2 is 2.06 bits per heavy atom. The Bertz CT molecular complexity index is 719. The van der Waals surface area contributed by atoms with Crippen molar-refractivity contribution in [3.05, 3.63) is 29.4 Å². The van der Waals surface area contributed by atoms with Crippen molar-refractivity contribution < 1.29 is 4.52 Å². The van der Waals surface area contributed by atoms with Crippen LogP contribution < -0.4 is 5.73 Å². The van der Waals surface area contributed by atoms with Gasteiger partial charge in [-0.25, -0.2) is 4.98 Å². The summed E-state index contributed by atoms with van der Waals surface area (Å²) in [5.41, 5.74) is 11.3. The summed E-state index contributed by atoms with van der Waals surface area (Å²) in [5.74, 6) is 0.792. The van der Waals surface area contributed by atoms with Gasteiger partial charge in [0.15, 0.2) is 0 Å². The summed E-state index contributed by atoms with van der Waals surface area (Å²) in [6.07, 6.45) is 1.76. The van der Waals surface area contributed by atoms with Gasteiger partial charge in [0.05, 0.1) is 11.4 Å². The summed E-state index contributed by atoms with van der Waals surface area (Å²) in [6, 6.07) is 2.01. The number of hydrogen-bond donors (Lipinski definition) is 2. The van der Waals surface area contributed by atoms with E-state index in [-0.39, 0.29) is 0 Å². The van der Waals surface area contributed by atoms with Crippen LogP contribution in [-0.2, 0) is 0 Å². The average molecular weight is 242 g/mol. The second-order valence-corrected chi connectivity index (χ2v) is 4.48. The molecule has 5 heteroatoms. The number of anilines is 1. The standard InChI is InChI=1S/C13H14N4O/c1-6-4-9(11-7(2)17-18-8(11)3)12-10(14)5-15-13(12)16-6/h4-5H,14H2,1-3H3,(H,15,16). The fourth-order valence-electron chi connectivity index (χ4n) is 2.35. The second kappa shape index (κ2) is 3.60. The van der Waals surface area contributed by atoms with Gasteiger partial charge in [-0.15, -0.1) is 0 Å². The number of aromatic amines is 1. The van der Waals surface area contributed by atoms with Crippen molar-refractivity contribution in [3.63, 3.8) is 0 Å². The van der Waals surface area contributed by atoms with Crippen LogP contribution in [-0.4, -0.2) is 15.1 Å². The lowest BCUT2D eigenvalue weighted by atomic mass is 10.0. The third-order valence-corrected chi connectivity index (χ3v) is 3.10. The molecule has 3 heterocycles. The summed E-state index contributed by atoms with van der Waals surface area (Å²) < 4.78 is 5.23. The van der Waals surface area contributed by atoms with E-state index in [9.17, 15) is 0 Å². The number of nitrogen functional groups attached to an aromatic ring is 1. The maximum Gasteiger partial charge on any atom is 0.141 e. The molecule has 0 aliphatic carbocycles. The van der Waals surface area contributed by atoms with Crippen molar-refractivity contribution >= 4 is 16.7 Å². The summed E-state index contributed by atoms with van der Waals surface area (Å²) in [6.45, 7) is 5.79. The maximum absolute atomic E-state index is 6.01. The van der Waals surface area contributed by atoms with E-state index in [4.69, 9.17) is 10.3 Å². The van der Waals surface area contributed by atoms with Crippen LogP contribution >= 0.6 is 0 Å². The van der Waals surface area contributed by atoms with E-state index in [1.54, 1.807) is 6.20 Å². The van der Waals surface area contributed by atoms with E-state index < -0.39 is 0 Å². The van der Waals surface area contributed by atoms with Crippen LogP contribution in [0, 0.1) is 20.8 Å². The van der Waals surface area contributed by atoms with E-state index in [1.165, 1.54) is 0 Å². The predicted octanol–water partition coefficient (Wildman–Crippen LogP) is 2.73. The molecule has 0 aliphatic rings. The first kappa shape index (κ1) is 10.8. The van der Waals surface area contributed by atoms with Crippen molar-refractivity contribution in [2.24, 2.45) is 0 Å². The van der Waals surface area contributed by atoms with Crippen LogP contribution in [0.1, 0.15) is 17.1 Å². The van der Waals surface area contributed by atoms with Gasteiger partial charge in [0.2, 0.25) is 0 Å². The minimum absolute atomic E-state index is 0.688. The van der Waals surface area contributed by atoms with Gasteiger partial charge in [-0.3, -0.25) is 0 Å². The number of rotatable bonds is 1. The third kappa shape index (κ3) is 1.40. The molecule has 0 unspecified atom stereocenters. The molecule has 3 aromatic heterocycles. The topological polar surface area (TPSA) is 80.7 Å². The fraction of sp³-hybridized carbons (Fsp3) is 0.231. The number of nitrogens with two attached hydrogens (primary N) is 1. The zero-order chi connectivity index (χ0) is 12.9. The minimum atomic E-state index is 0.688. The number of nitrogens with one attached hydrogen (secondary N) is 1. The third-order valence-electron chi connectivity index (χ3n) is 3.10. The molecular formula is C13H14N4O. The van der Waals surface area contributed by atoms with Crippen LogP contribution in [0.3, 0.4) is 0 Å². The first-order valence-corrected chi connectivity index (χ1v) is 5.75. The largest absolute Gasteiger partial charge is 0.397 e. The quantitative estimate of drug-likeness (QED) is 0.687. The van der Waals surface area contributed by atoms with E-state index in [0.29, 0.717) is 5.69 Å². The summed E-state index contributed by atoms with van der Waals surface area (Å²) in [5, 5.41) is 4.92. The Kier molecular flexibility index (Phi) is 2.16. The first-order valence-electron chi connectivity index (χ1n) is 5.75. The van der Waals surface area contributed by atoms with Crippen molar-refractivity contribution in [1.29, 1.82) is 0 Å².